The lowest BCUT2D eigenvalue weighted by Crippen LogP contribution is -2.37. The number of nitrogens with two attached hydrogens (primary N) is 1. The molecule has 0 aliphatic heterocycles. The molecule has 0 aliphatic carbocycles. The second-order valence-electron chi connectivity index (χ2n) is 5.47. The van der Waals surface area contributed by atoms with Gasteiger partial charge in [-0.15, -0.1) is 0 Å². The average Bonchev–Trinajstić information content (AvgIpc) is 2.44. The lowest BCUT2D eigenvalue weighted by molar-refractivity contribution is 0.0735. The predicted octanol–water partition coefficient (Wildman–Crippen LogP) is 2.37. The van der Waals surface area contributed by atoms with Crippen LogP contribution in [0, 0.1) is 18.7 Å². The van der Waals surface area contributed by atoms with Crippen LogP contribution in [0.1, 0.15) is 36.2 Å². The zero-order valence-corrected chi connectivity index (χ0v) is 12.6. The van der Waals surface area contributed by atoms with E-state index in [-0.39, 0.29) is 36.2 Å². The highest BCUT2D eigenvalue weighted by molar-refractivity contribution is 5.95. The molecule has 0 fully saturated rings. The van der Waals surface area contributed by atoms with Crippen LogP contribution in [-0.2, 0) is 0 Å². The number of carbonyl (C=O) groups is 1. The van der Waals surface area contributed by atoms with E-state index in [1.165, 1.54) is 17.0 Å². The number of oxime groups is 1. The molecule has 1 amide bonds. The lowest BCUT2D eigenvalue weighted by Gasteiger charge is -2.24. The number of nitrogens with zero attached hydrogens (tertiary/aromatic N) is 2. The Morgan fingerprint density at radius 3 is 2.71 bits per heavy atom. The molecule has 0 radical (unpaired) electrons. The van der Waals surface area contributed by atoms with Gasteiger partial charge >= 0.3 is 0 Å². The molecule has 0 spiro atoms. The number of carbonyl (C=O) groups excluding carboxylic acids is 1. The Hall–Kier alpha value is -2.11. The van der Waals surface area contributed by atoms with Gasteiger partial charge in [-0.1, -0.05) is 30.6 Å². The van der Waals surface area contributed by atoms with Crippen molar-refractivity contribution in [3.05, 3.63) is 35.1 Å². The van der Waals surface area contributed by atoms with E-state index in [0.717, 1.165) is 5.56 Å². The second-order valence-corrected chi connectivity index (χ2v) is 5.47. The van der Waals surface area contributed by atoms with Crippen molar-refractivity contribution in [1.82, 2.24) is 4.90 Å². The maximum absolute atomic E-state index is 13.8. The van der Waals surface area contributed by atoms with Gasteiger partial charge in [0, 0.05) is 19.5 Å². The lowest BCUT2D eigenvalue weighted by atomic mass is 10.1. The molecule has 0 heterocycles. The van der Waals surface area contributed by atoms with Crippen molar-refractivity contribution in [3.63, 3.8) is 0 Å². The van der Waals surface area contributed by atoms with Crippen LogP contribution in [0.3, 0.4) is 0 Å². The van der Waals surface area contributed by atoms with Crippen molar-refractivity contribution in [1.29, 1.82) is 0 Å². The average molecular weight is 295 g/mol. The normalized spacial score (nSPS) is 11.8. The van der Waals surface area contributed by atoms with Crippen LogP contribution in [-0.4, -0.2) is 34.9 Å². The Bertz CT molecular complexity index is 530. The van der Waals surface area contributed by atoms with Crippen molar-refractivity contribution in [2.75, 3.05) is 13.1 Å². The Labute approximate surface area is 124 Å². The summed E-state index contributed by atoms with van der Waals surface area (Å²) < 4.78 is 13.8. The summed E-state index contributed by atoms with van der Waals surface area (Å²) in [6, 6.07) is 4.45. The van der Waals surface area contributed by atoms with Gasteiger partial charge in [-0.05, 0) is 25.0 Å². The van der Waals surface area contributed by atoms with E-state index in [9.17, 15) is 9.18 Å². The van der Waals surface area contributed by atoms with Crippen LogP contribution in [0.4, 0.5) is 4.39 Å². The predicted molar refractivity (Wildman–Crippen MR) is 79.9 cm³/mol. The van der Waals surface area contributed by atoms with E-state index < -0.39 is 5.82 Å². The molecule has 0 aromatic heterocycles. The zero-order valence-electron chi connectivity index (χ0n) is 12.6. The van der Waals surface area contributed by atoms with Gasteiger partial charge in [-0.25, -0.2) is 4.39 Å². The van der Waals surface area contributed by atoms with E-state index in [4.69, 9.17) is 10.9 Å². The molecule has 0 saturated carbocycles. The van der Waals surface area contributed by atoms with Crippen LogP contribution in [0.2, 0.25) is 0 Å². The standard InChI is InChI=1S/C15H22FN3O2/c1-10(2)9-19(7-6-14(17)18-21)15(20)12-8-11(3)4-5-13(12)16/h4-5,8,10,21H,6-7,9H2,1-3H3,(H2,17,18). The molecule has 0 saturated heterocycles. The molecular formula is C15H22FN3O2. The van der Waals surface area contributed by atoms with E-state index >= 15 is 0 Å². The third-order valence-electron chi connectivity index (χ3n) is 2.99. The van der Waals surface area contributed by atoms with Crippen LogP contribution in [0.25, 0.3) is 0 Å². The number of halogens is 1. The largest absolute Gasteiger partial charge is 0.409 e. The SMILES string of the molecule is Cc1ccc(F)c(C(=O)N(CCC(N)=NO)CC(C)C)c1. The maximum atomic E-state index is 13.8. The Morgan fingerprint density at radius 2 is 2.14 bits per heavy atom. The van der Waals surface area contributed by atoms with Crippen molar-refractivity contribution >= 4 is 11.7 Å². The molecule has 116 valence electrons. The monoisotopic (exact) mass is 295 g/mol. The van der Waals surface area contributed by atoms with Crippen molar-refractivity contribution in [2.45, 2.75) is 27.2 Å². The topological polar surface area (TPSA) is 78.9 Å². The first-order valence-electron chi connectivity index (χ1n) is 6.87. The number of hydrogen-bond donors (Lipinski definition) is 2. The van der Waals surface area contributed by atoms with E-state index in [1.54, 1.807) is 13.0 Å². The Balaban J connectivity index is 2.96. The third-order valence-corrected chi connectivity index (χ3v) is 2.99. The van der Waals surface area contributed by atoms with Gasteiger partial charge in [-0.2, -0.15) is 0 Å². The summed E-state index contributed by atoms with van der Waals surface area (Å²) in [6.45, 7) is 6.50. The number of rotatable bonds is 6. The van der Waals surface area contributed by atoms with Gasteiger partial charge in [0.25, 0.3) is 5.91 Å². The van der Waals surface area contributed by atoms with Crippen LogP contribution < -0.4 is 5.73 Å². The van der Waals surface area contributed by atoms with Crippen molar-refractivity contribution in [2.24, 2.45) is 16.8 Å². The molecule has 21 heavy (non-hydrogen) atoms. The minimum Gasteiger partial charge on any atom is -0.409 e. The summed E-state index contributed by atoms with van der Waals surface area (Å²) in [5.74, 6) is -0.644. The summed E-state index contributed by atoms with van der Waals surface area (Å²) in [5, 5.41) is 11.5. The maximum Gasteiger partial charge on any atom is 0.256 e. The minimum atomic E-state index is -0.539. The van der Waals surface area contributed by atoms with Gasteiger partial charge < -0.3 is 15.8 Å². The van der Waals surface area contributed by atoms with Gasteiger partial charge in [0.15, 0.2) is 0 Å². The molecule has 5 nitrogen and oxygen atoms in total. The number of amides is 1. The van der Waals surface area contributed by atoms with E-state index in [0.29, 0.717) is 6.54 Å². The van der Waals surface area contributed by atoms with Gasteiger partial charge in [-0.3, -0.25) is 4.79 Å². The fourth-order valence-corrected chi connectivity index (χ4v) is 1.99. The molecule has 1 rings (SSSR count). The fourth-order valence-electron chi connectivity index (χ4n) is 1.99. The summed E-state index contributed by atoms with van der Waals surface area (Å²) >= 11 is 0. The van der Waals surface area contributed by atoms with Crippen molar-refractivity contribution in [3.8, 4) is 0 Å². The van der Waals surface area contributed by atoms with Crippen LogP contribution in [0.15, 0.2) is 23.4 Å². The summed E-state index contributed by atoms with van der Waals surface area (Å²) in [4.78, 5) is 14.0. The minimum absolute atomic E-state index is 0.0428. The quantitative estimate of drug-likeness (QED) is 0.366. The van der Waals surface area contributed by atoms with E-state index in [2.05, 4.69) is 5.16 Å². The molecule has 3 N–H and O–H groups in total. The van der Waals surface area contributed by atoms with Crippen molar-refractivity contribution < 1.29 is 14.4 Å². The second kappa shape index (κ2) is 7.61. The van der Waals surface area contributed by atoms with Gasteiger partial charge in [0.2, 0.25) is 0 Å². The summed E-state index contributed by atoms with van der Waals surface area (Å²) in [5.41, 5.74) is 6.30. The fraction of sp³-hybridized carbons (Fsp3) is 0.467. The van der Waals surface area contributed by atoms with Crippen LogP contribution >= 0.6 is 0 Å². The van der Waals surface area contributed by atoms with Gasteiger partial charge in [0.05, 0.1) is 5.56 Å². The highest BCUT2D eigenvalue weighted by Gasteiger charge is 2.20. The molecule has 0 bridgehead atoms. The molecule has 6 heteroatoms. The first-order valence-corrected chi connectivity index (χ1v) is 6.87. The smallest absolute Gasteiger partial charge is 0.256 e. The number of benzene rings is 1. The molecule has 1 aromatic rings. The molecule has 0 unspecified atom stereocenters. The number of amidine groups is 1. The van der Waals surface area contributed by atoms with E-state index in [1.807, 2.05) is 13.8 Å². The molecule has 1 aromatic carbocycles. The molecule has 0 aliphatic rings. The first kappa shape index (κ1) is 16.9. The van der Waals surface area contributed by atoms with Crippen LogP contribution in [0.5, 0.6) is 0 Å². The third kappa shape index (κ3) is 5.06. The molecule has 0 atom stereocenters. The molecular weight excluding hydrogens is 273 g/mol. The Kier molecular flexibility index (Phi) is 6.14. The highest BCUT2D eigenvalue weighted by Crippen LogP contribution is 2.14. The number of aryl methyl sites for hydroxylation is 1. The zero-order chi connectivity index (χ0) is 16.0. The summed E-state index contributed by atoms with van der Waals surface area (Å²) in [7, 11) is 0. The van der Waals surface area contributed by atoms with Gasteiger partial charge in [0.1, 0.15) is 11.7 Å². The first-order chi connectivity index (χ1) is 9.85. The summed E-state index contributed by atoms with van der Waals surface area (Å²) in [6.07, 6.45) is 0.238. The highest BCUT2D eigenvalue weighted by atomic mass is 19.1. The number of hydrogen-bond acceptors (Lipinski definition) is 3. The Morgan fingerprint density at radius 1 is 1.48 bits per heavy atom.